The van der Waals surface area contributed by atoms with Gasteiger partial charge in [0.25, 0.3) is 0 Å². The lowest BCUT2D eigenvalue weighted by Gasteiger charge is -2.23. The molecule has 1 rings (SSSR count). The number of rotatable bonds is 5. The van der Waals surface area contributed by atoms with Gasteiger partial charge in [-0.25, -0.2) is 9.18 Å². The largest absolute Gasteiger partial charge is 0.396 e. The lowest BCUT2D eigenvalue weighted by molar-refractivity contribution is 0.204. The van der Waals surface area contributed by atoms with E-state index in [0.717, 1.165) is 0 Å². The van der Waals surface area contributed by atoms with Crippen molar-refractivity contribution in [2.24, 2.45) is 5.41 Å². The third-order valence-corrected chi connectivity index (χ3v) is 3.19. The van der Waals surface area contributed by atoms with Gasteiger partial charge in [0.05, 0.1) is 5.69 Å². The van der Waals surface area contributed by atoms with Gasteiger partial charge in [-0.2, -0.15) is 0 Å². The minimum atomic E-state index is -0.493. The van der Waals surface area contributed by atoms with Gasteiger partial charge in [0.15, 0.2) is 0 Å². The number of aliphatic hydroxyl groups is 1. The number of nitrogens with one attached hydrogen (secondary N) is 2. The molecule has 0 aliphatic rings. The second kappa shape index (κ2) is 6.86. The highest BCUT2D eigenvalue weighted by molar-refractivity contribution is 9.10. The zero-order valence-corrected chi connectivity index (χ0v) is 12.6. The van der Waals surface area contributed by atoms with E-state index in [4.69, 9.17) is 5.11 Å². The van der Waals surface area contributed by atoms with Gasteiger partial charge in [0.1, 0.15) is 5.82 Å². The summed E-state index contributed by atoms with van der Waals surface area (Å²) in [6, 6.07) is 3.86. The summed E-state index contributed by atoms with van der Waals surface area (Å²) in [5.41, 5.74) is -0.0890. The first-order valence-corrected chi connectivity index (χ1v) is 6.74. The third kappa shape index (κ3) is 5.57. The van der Waals surface area contributed by atoms with Gasteiger partial charge in [0, 0.05) is 17.6 Å². The first kappa shape index (κ1) is 15.9. The Kier molecular flexibility index (Phi) is 5.75. The average molecular weight is 333 g/mol. The first-order chi connectivity index (χ1) is 8.84. The molecule has 4 nitrogen and oxygen atoms in total. The third-order valence-electron chi connectivity index (χ3n) is 2.69. The van der Waals surface area contributed by atoms with Crippen molar-refractivity contribution in [2.75, 3.05) is 18.5 Å². The quantitative estimate of drug-likeness (QED) is 0.775. The number of hydrogen-bond donors (Lipinski definition) is 3. The summed E-state index contributed by atoms with van der Waals surface area (Å²) in [6.07, 6.45) is 0.582. The molecule has 0 spiro atoms. The second-order valence-corrected chi connectivity index (χ2v) is 5.99. The number of carbonyl (C=O) groups excluding carboxylic acids is 1. The normalized spacial score (nSPS) is 11.2. The highest BCUT2D eigenvalue weighted by atomic mass is 79.9. The van der Waals surface area contributed by atoms with E-state index in [1.165, 1.54) is 12.1 Å². The highest BCUT2D eigenvalue weighted by Crippen LogP contribution is 2.20. The number of hydrogen-bond acceptors (Lipinski definition) is 2. The van der Waals surface area contributed by atoms with E-state index in [9.17, 15) is 9.18 Å². The monoisotopic (exact) mass is 332 g/mol. The molecule has 0 aromatic heterocycles. The summed E-state index contributed by atoms with van der Waals surface area (Å²) in [6.45, 7) is 4.33. The van der Waals surface area contributed by atoms with Crippen molar-refractivity contribution in [3.8, 4) is 0 Å². The van der Waals surface area contributed by atoms with Crippen molar-refractivity contribution in [3.05, 3.63) is 28.5 Å². The molecule has 0 aliphatic carbocycles. The molecule has 6 heteroatoms. The molecule has 106 valence electrons. The molecule has 0 saturated heterocycles. The van der Waals surface area contributed by atoms with Crippen molar-refractivity contribution in [2.45, 2.75) is 20.3 Å². The second-order valence-electron chi connectivity index (χ2n) is 5.07. The maximum absolute atomic E-state index is 13.4. The lowest BCUT2D eigenvalue weighted by Crippen LogP contribution is -2.37. The smallest absolute Gasteiger partial charge is 0.319 e. The number of halogens is 2. The minimum Gasteiger partial charge on any atom is -0.396 e. The van der Waals surface area contributed by atoms with E-state index >= 15 is 0 Å². The molecule has 19 heavy (non-hydrogen) atoms. The number of carbonyl (C=O) groups is 1. The Balaban J connectivity index is 2.54. The van der Waals surface area contributed by atoms with Crippen LogP contribution in [0.4, 0.5) is 14.9 Å². The number of aliphatic hydroxyl groups excluding tert-OH is 1. The SMILES string of the molecule is CC(C)(CCO)CNC(=O)Nc1cc(Br)ccc1F. The van der Waals surface area contributed by atoms with E-state index in [1.807, 2.05) is 13.8 Å². The fraction of sp³-hybridized carbons (Fsp3) is 0.462. The van der Waals surface area contributed by atoms with E-state index in [2.05, 4.69) is 26.6 Å². The summed E-state index contributed by atoms with van der Waals surface area (Å²) >= 11 is 3.21. The van der Waals surface area contributed by atoms with Crippen molar-refractivity contribution in [1.29, 1.82) is 0 Å². The van der Waals surface area contributed by atoms with E-state index in [0.29, 0.717) is 17.4 Å². The molecule has 0 unspecified atom stereocenters. The molecule has 3 N–H and O–H groups in total. The summed E-state index contributed by atoms with van der Waals surface area (Å²) in [5.74, 6) is -0.493. The fourth-order valence-electron chi connectivity index (χ4n) is 1.47. The maximum atomic E-state index is 13.4. The Hall–Kier alpha value is -1.14. The number of anilines is 1. The summed E-state index contributed by atoms with van der Waals surface area (Å²) in [7, 11) is 0. The van der Waals surface area contributed by atoms with E-state index in [1.54, 1.807) is 6.07 Å². The van der Waals surface area contributed by atoms with E-state index in [-0.39, 0.29) is 17.7 Å². The molecule has 0 aliphatic heterocycles. The minimum absolute atomic E-state index is 0.0660. The van der Waals surface area contributed by atoms with Gasteiger partial charge in [-0.1, -0.05) is 29.8 Å². The van der Waals surface area contributed by atoms with Gasteiger partial charge in [-0.3, -0.25) is 0 Å². The Labute approximate surface area is 120 Å². The number of urea groups is 1. The van der Waals surface area contributed by atoms with E-state index < -0.39 is 11.8 Å². The average Bonchev–Trinajstić information content (AvgIpc) is 2.31. The molecular weight excluding hydrogens is 315 g/mol. The van der Waals surface area contributed by atoms with Crippen LogP contribution in [-0.2, 0) is 0 Å². The summed E-state index contributed by atoms with van der Waals surface area (Å²) in [5, 5.41) is 14.0. The summed E-state index contributed by atoms with van der Waals surface area (Å²) < 4.78 is 14.1. The molecule has 0 saturated carbocycles. The summed E-state index contributed by atoms with van der Waals surface area (Å²) in [4.78, 5) is 11.7. The van der Waals surface area contributed by atoms with Crippen LogP contribution >= 0.6 is 15.9 Å². The van der Waals surface area contributed by atoms with Crippen LogP contribution in [0.25, 0.3) is 0 Å². The van der Waals surface area contributed by atoms with Crippen molar-refractivity contribution in [1.82, 2.24) is 5.32 Å². The molecule has 2 amide bonds. The van der Waals surface area contributed by atoms with Gasteiger partial charge >= 0.3 is 6.03 Å². The predicted molar refractivity (Wildman–Crippen MR) is 76.6 cm³/mol. The molecule has 0 atom stereocenters. The van der Waals surface area contributed by atoms with Crippen molar-refractivity contribution < 1.29 is 14.3 Å². The molecule has 1 aromatic rings. The molecule has 0 radical (unpaired) electrons. The van der Waals surface area contributed by atoms with Crippen LogP contribution in [0.5, 0.6) is 0 Å². The molecule has 0 heterocycles. The maximum Gasteiger partial charge on any atom is 0.319 e. The van der Waals surface area contributed by atoms with Crippen molar-refractivity contribution in [3.63, 3.8) is 0 Å². The van der Waals surface area contributed by atoms with Crippen LogP contribution < -0.4 is 10.6 Å². The van der Waals surface area contributed by atoms with Gasteiger partial charge in [0.2, 0.25) is 0 Å². The number of amides is 2. The van der Waals surface area contributed by atoms with Crippen molar-refractivity contribution >= 4 is 27.6 Å². The molecule has 0 bridgehead atoms. The first-order valence-electron chi connectivity index (χ1n) is 5.95. The Morgan fingerprint density at radius 1 is 1.47 bits per heavy atom. The van der Waals surface area contributed by atoms with Crippen LogP contribution in [-0.4, -0.2) is 24.3 Å². The Morgan fingerprint density at radius 2 is 2.16 bits per heavy atom. The lowest BCUT2D eigenvalue weighted by atomic mass is 9.90. The molecular formula is C13H18BrFN2O2. The molecule has 1 aromatic carbocycles. The highest BCUT2D eigenvalue weighted by Gasteiger charge is 2.18. The van der Waals surface area contributed by atoms with Gasteiger partial charge < -0.3 is 15.7 Å². The zero-order chi connectivity index (χ0) is 14.5. The van der Waals surface area contributed by atoms with Gasteiger partial charge in [-0.05, 0) is 30.0 Å². The Morgan fingerprint density at radius 3 is 2.79 bits per heavy atom. The van der Waals surface area contributed by atoms with Crippen LogP contribution in [0.1, 0.15) is 20.3 Å². The number of benzene rings is 1. The fourth-order valence-corrected chi connectivity index (χ4v) is 1.83. The van der Waals surface area contributed by atoms with Crippen LogP contribution in [0.3, 0.4) is 0 Å². The zero-order valence-electron chi connectivity index (χ0n) is 11.0. The standard InChI is InChI=1S/C13H18BrFN2O2/c1-13(2,5-6-18)8-16-12(19)17-11-7-9(14)3-4-10(11)15/h3-4,7,18H,5-6,8H2,1-2H3,(H2,16,17,19). The molecule has 0 fully saturated rings. The van der Waals surface area contributed by atoms with Crippen LogP contribution in [0, 0.1) is 11.2 Å². The van der Waals surface area contributed by atoms with Gasteiger partial charge in [-0.15, -0.1) is 0 Å². The topological polar surface area (TPSA) is 61.4 Å². The van der Waals surface area contributed by atoms with Crippen LogP contribution in [0.2, 0.25) is 0 Å². The Bertz CT molecular complexity index is 452. The predicted octanol–water partition coefficient (Wildman–Crippen LogP) is 3.12. The van der Waals surface area contributed by atoms with Crippen LogP contribution in [0.15, 0.2) is 22.7 Å².